The van der Waals surface area contributed by atoms with Gasteiger partial charge in [-0.15, -0.1) is 0 Å². The summed E-state index contributed by atoms with van der Waals surface area (Å²) in [6.45, 7) is 1.96. The molecule has 3 N–H and O–H groups in total. The molecule has 2 atom stereocenters. The number of carbonyl (C=O) groups is 2. The summed E-state index contributed by atoms with van der Waals surface area (Å²) in [5, 5.41) is 2.92. The molecule has 0 aliphatic rings. The molecule has 0 saturated heterocycles. The lowest BCUT2D eigenvalue weighted by Crippen LogP contribution is -2.41. The van der Waals surface area contributed by atoms with Gasteiger partial charge in [0.25, 0.3) is 0 Å². The van der Waals surface area contributed by atoms with Gasteiger partial charge in [-0.2, -0.15) is 0 Å². The predicted octanol–water partition coefficient (Wildman–Crippen LogP) is 0.407. The first-order valence-corrected chi connectivity index (χ1v) is 5.71. The van der Waals surface area contributed by atoms with Crippen molar-refractivity contribution in [1.82, 2.24) is 5.32 Å². The first-order chi connectivity index (χ1) is 8.56. The molecule has 18 heavy (non-hydrogen) atoms. The highest BCUT2D eigenvalue weighted by Gasteiger charge is 2.22. The number of primary amides is 1. The first-order valence-electron chi connectivity index (χ1n) is 5.71. The largest absolute Gasteiger partial charge is 0.469 e. The van der Waals surface area contributed by atoms with E-state index in [0.29, 0.717) is 6.54 Å². The van der Waals surface area contributed by atoms with Gasteiger partial charge in [-0.05, 0) is 12.5 Å². The van der Waals surface area contributed by atoms with Gasteiger partial charge in [0.2, 0.25) is 5.91 Å². The van der Waals surface area contributed by atoms with Crippen LogP contribution in [0.3, 0.4) is 0 Å². The highest BCUT2D eigenvalue weighted by atomic mass is 16.5. The molecule has 5 nitrogen and oxygen atoms in total. The molecule has 1 aromatic carbocycles. The maximum Gasteiger partial charge on any atom is 0.314 e. The van der Waals surface area contributed by atoms with Crippen LogP contribution in [0.2, 0.25) is 0 Å². The van der Waals surface area contributed by atoms with Gasteiger partial charge < -0.3 is 15.8 Å². The summed E-state index contributed by atoms with van der Waals surface area (Å²) in [6, 6.07) is 8.78. The second-order valence-electron chi connectivity index (χ2n) is 4.02. The zero-order chi connectivity index (χ0) is 13.5. The van der Waals surface area contributed by atoms with Crippen LogP contribution in [-0.4, -0.2) is 31.6 Å². The molecule has 0 radical (unpaired) electrons. The van der Waals surface area contributed by atoms with Crippen LogP contribution in [-0.2, 0) is 14.3 Å². The van der Waals surface area contributed by atoms with Crippen molar-refractivity contribution in [3.63, 3.8) is 0 Å². The zero-order valence-electron chi connectivity index (χ0n) is 10.6. The Kier molecular flexibility index (Phi) is 5.32. The molecule has 1 rings (SSSR count). The lowest BCUT2D eigenvalue weighted by Gasteiger charge is -2.17. The maximum absolute atomic E-state index is 11.7. The molecule has 0 fully saturated rings. The lowest BCUT2D eigenvalue weighted by atomic mass is 9.99. The van der Waals surface area contributed by atoms with E-state index in [9.17, 15) is 9.59 Å². The Hall–Kier alpha value is -1.88. The van der Waals surface area contributed by atoms with Crippen LogP contribution in [0.15, 0.2) is 30.3 Å². The lowest BCUT2D eigenvalue weighted by molar-refractivity contribution is -0.142. The van der Waals surface area contributed by atoms with Crippen LogP contribution in [0, 0.1) is 0 Å². The van der Waals surface area contributed by atoms with Crippen LogP contribution in [0.5, 0.6) is 0 Å². The number of methoxy groups -OCH3 is 1. The van der Waals surface area contributed by atoms with E-state index >= 15 is 0 Å². The fourth-order valence-corrected chi connectivity index (χ4v) is 1.56. The van der Waals surface area contributed by atoms with Crippen molar-refractivity contribution in [3.8, 4) is 0 Å². The van der Waals surface area contributed by atoms with Gasteiger partial charge in [0.05, 0.1) is 19.1 Å². The van der Waals surface area contributed by atoms with E-state index in [2.05, 4.69) is 5.32 Å². The van der Waals surface area contributed by atoms with E-state index in [1.807, 2.05) is 30.3 Å². The number of rotatable bonds is 6. The van der Waals surface area contributed by atoms with Crippen molar-refractivity contribution in [2.24, 2.45) is 5.73 Å². The summed E-state index contributed by atoms with van der Waals surface area (Å²) in [7, 11) is 1.34. The molecule has 0 spiro atoms. The standard InChI is InChI=1S/C13H18N2O3/c1-9(12(14)16)15-8-11(13(17)18-2)10-6-4-3-5-7-10/h3-7,9,11,15H,8H2,1-2H3,(H2,14,16). The highest BCUT2D eigenvalue weighted by Crippen LogP contribution is 2.16. The number of ether oxygens (including phenoxy) is 1. The van der Waals surface area contributed by atoms with Crippen LogP contribution < -0.4 is 11.1 Å². The van der Waals surface area contributed by atoms with Crippen molar-refractivity contribution < 1.29 is 14.3 Å². The Bertz CT molecular complexity index is 406. The monoisotopic (exact) mass is 250 g/mol. The van der Waals surface area contributed by atoms with E-state index in [4.69, 9.17) is 10.5 Å². The summed E-state index contributed by atoms with van der Waals surface area (Å²) in [4.78, 5) is 22.6. The summed E-state index contributed by atoms with van der Waals surface area (Å²) < 4.78 is 4.76. The zero-order valence-corrected chi connectivity index (χ0v) is 10.6. The minimum absolute atomic E-state index is 0.306. The number of carbonyl (C=O) groups excluding carboxylic acids is 2. The molecular formula is C13H18N2O3. The number of nitrogens with two attached hydrogens (primary N) is 1. The Morgan fingerprint density at radius 1 is 1.33 bits per heavy atom. The number of esters is 1. The summed E-state index contributed by atoms with van der Waals surface area (Å²) in [6.07, 6.45) is 0. The number of benzene rings is 1. The molecule has 0 heterocycles. The molecule has 0 aliphatic carbocycles. The molecule has 0 aromatic heterocycles. The summed E-state index contributed by atoms with van der Waals surface area (Å²) >= 11 is 0. The molecule has 0 bridgehead atoms. The Morgan fingerprint density at radius 2 is 1.94 bits per heavy atom. The SMILES string of the molecule is COC(=O)C(CNC(C)C(N)=O)c1ccccc1. The number of hydrogen-bond donors (Lipinski definition) is 2. The molecule has 2 unspecified atom stereocenters. The second-order valence-corrected chi connectivity index (χ2v) is 4.02. The predicted molar refractivity (Wildman–Crippen MR) is 67.9 cm³/mol. The van der Waals surface area contributed by atoms with Crippen LogP contribution >= 0.6 is 0 Å². The van der Waals surface area contributed by atoms with Crippen LogP contribution in [0.4, 0.5) is 0 Å². The minimum atomic E-state index is -0.485. The number of nitrogens with one attached hydrogen (secondary N) is 1. The van der Waals surface area contributed by atoms with Crippen LogP contribution in [0.25, 0.3) is 0 Å². The molecular weight excluding hydrogens is 232 g/mol. The summed E-state index contributed by atoms with van der Waals surface area (Å²) in [5.41, 5.74) is 5.99. The fraction of sp³-hybridized carbons (Fsp3) is 0.385. The molecule has 1 amide bonds. The van der Waals surface area contributed by atoms with Gasteiger partial charge in [-0.25, -0.2) is 0 Å². The van der Waals surface area contributed by atoms with Gasteiger partial charge in [0, 0.05) is 6.54 Å². The Labute approximate surface area is 106 Å². The third-order valence-corrected chi connectivity index (χ3v) is 2.74. The number of amides is 1. The maximum atomic E-state index is 11.7. The fourth-order valence-electron chi connectivity index (χ4n) is 1.56. The third kappa shape index (κ3) is 3.85. The first kappa shape index (κ1) is 14.2. The molecule has 0 aliphatic heterocycles. The summed E-state index contributed by atoms with van der Waals surface area (Å²) in [5.74, 6) is -1.24. The average Bonchev–Trinajstić information content (AvgIpc) is 2.39. The van der Waals surface area contributed by atoms with Gasteiger partial charge >= 0.3 is 5.97 Å². The van der Waals surface area contributed by atoms with Gasteiger partial charge in [0.1, 0.15) is 0 Å². The van der Waals surface area contributed by atoms with E-state index < -0.39 is 17.9 Å². The molecule has 1 aromatic rings. The quantitative estimate of drug-likeness (QED) is 0.716. The molecule has 0 saturated carbocycles. The Morgan fingerprint density at radius 3 is 2.44 bits per heavy atom. The van der Waals surface area contributed by atoms with E-state index in [1.54, 1.807) is 6.92 Å². The van der Waals surface area contributed by atoms with E-state index in [-0.39, 0.29) is 5.97 Å². The smallest absolute Gasteiger partial charge is 0.314 e. The second kappa shape index (κ2) is 6.76. The van der Waals surface area contributed by atoms with Crippen molar-refractivity contribution in [3.05, 3.63) is 35.9 Å². The molecule has 98 valence electrons. The average molecular weight is 250 g/mol. The van der Waals surface area contributed by atoms with Crippen LogP contribution in [0.1, 0.15) is 18.4 Å². The van der Waals surface area contributed by atoms with Gasteiger partial charge in [-0.1, -0.05) is 30.3 Å². The minimum Gasteiger partial charge on any atom is -0.469 e. The third-order valence-electron chi connectivity index (χ3n) is 2.74. The molecule has 5 heteroatoms. The van der Waals surface area contributed by atoms with Crippen molar-refractivity contribution >= 4 is 11.9 Å². The van der Waals surface area contributed by atoms with E-state index in [0.717, 1.165) is 5.56 Å². The van der Waals surface area contributed by atoms with Crippen molar-refractivity contribution in [2.45, 2.75) is 18.9 Å². The Balaban J connectivity index is 2.75. The van der Waals surface area contributed by atoms with Gasteiger partial charge in [-0.3, -0.25) is 9.59 Å². The van der Waals surface area contributed by atoms with Crippen molar-refractivity contribution in [2.75, 3.05) is 13.7 Å². The van der Waals surface area contributed by atoms with Gasteiger partial charge in [0.15, 0.2) is 0 Å². The number of hydrogen-bond acceptors (Lipinski definition) is 4. The normalized spacial score (nSPS) is 13.7. The van der Waals surface area contributed by atoms with E-state index in [1.165, 1.54) is 7.11 Å². The topological polar surface area (TPSA) is 81.4 Å². The highest BCUT2D eigenvalue weighted by molar-refractivity contribution is 5.80. The van der Waals surface area contributed by atoms with Crippen molar-refractivity contribution in [1.29, 1.82) is 0 Å².